The van der Waals surface area contributed by atoms with E-state index in [1.165, 1.54) is 6.07 Å². The SMILES string of the molecule is Cc1ccnn1Cc1ccc(N)c([N+](=O)[O-])c1. The van der Waals surface area contributed by atoms with Crippen molar-refractivity contribution in [1.29, 1.82) is 0 Å². The third kappa shape index (κ3) is 2.25. The Morgan fingerprint density at radius 1 is 1.47 bits per heavy atom. The minimum atomic E-state index is -0.477. The van der Waals surface area contributed by atoms with Crippen LogP contribution in [0, 0.1) is 17.0 Å². The summed E-state index contributed by atoms with van der Waals surface area (Å²) in [5, 5.41) is 14.9. The van der Waals surface area contributed by atoms with Crippen LogP contribution in [0.1, 0.15) is 11.3 Å². The monoisotopic (exact) mass is 232 g/mol. The highest BCUT2D eigenvalue weighted by Gasteiger charge is 2.12. The molecule has 0 atom stereocenters. The Balaban J connectivity index is 2.32. The van der Waals surface area contributed by atoms with E-state index >= 15 is 0 Å². The molecule has 0 fully saturated rings. The van der Waals surface area contributed by atoms with E-state index in [9.17, 15) is 10.1 Å². The van der Waals surface area contributed by atoms with Gasteiger partial charge in [0, 0.05) is 18.0 Å². The second kappa shape index (κ2) is 4.25. The Morgan fingerprint density at radius 3 is 2.82 bits per heavy atom. The number of aryl methyl sites for hydroxylation is 1. The van der Waals surface area contributed by atoms with E-state index in [1.807, 2.05) is 13.0 Å². The predicted octanol–water partition coefficient (Wildman–Crippen LogP) is 1.73. The first-order chi connectivity index (χ1) is 8.08. The number of aromatic nitrogens is 2. The van der Waals surface area contributed by atoms with Crippen LogP contribution in [0.25, 0.3) is 0 Å². The van der Waals surface area contributed by atoms with Gasteiger partial charge in [0.05, 0.1) is 11.5 Å². The van der Waals surface area contributed by atoms with Gasteiger partial charge in [-0.25, -0.2) is 0 Å². The van der Waals surface area contributed by atoms with Gasteiger partial charge in [-0.1, -0.05) is 6.07 Å². The number of nitro groups is 1. The van der Waals surface area contributed by atoms with Crippen molar-refractivity contribution in [3.63, 3.8) is 0 Å². The van der Waals surface area contributed by atoms with Gasteiger partial charge in [0.2, 0.25) is 0 Å². The van der Waals surface area contributed by atoms with Crippen LogP contribution in [-0.2, 0) is 6.54 Å². The van der Waals surface area contributed by atoms with Crippen molar-refractivity contribution < 1.29 is 4.92 Å². The molecule has 0 bridgehead atoms. The fourth-order valence-corrected chi connectivity index (χ4v) is 1.58. The summed E-state index contributed by atoms with van der Waals surface area (Å²) in [7, 11) is 0. The minimum absolute atomic E-state index is 0.0627. The van der Waals surface area contributed by atoms with E-state index in [0.717, 1.165) is 11.3 Å². The molecule has 0 unspecified atom stereocenters. The summed E-state index contributed by atoms with van der Waals surface area (Å²) in [6.07, 6.45) is 1.70. The number of benzene rings is 1. The van der Waals surface area contributed by atoms with Gasteiger partial charge in [-0.3, -0.25) is 14.8 Å². The molecular weight excluding hydrogens is 220 g/mol. The van der Waals surface area contributed by atoms with E-state index in [0.29, 0.717) is 6.54 Å². The quantitative estimate of drug-likeness (QED) is 0.496. The molecule has 88 valence electrons. The van der Waals surface area contributed by atoms with Gasteiger partial charge >= 0.3 is 0 Å². The molecule has 2 aromatic rings. The summed E-state index contributed by atoms with van der Waals surface area (Å²) >= 11 is 0. The number of rotatable bonds is 3. The molecule has 0 radical (unpaired) electrons. The Kier molecular flexibility index (Phi) is 2.78. The van der Waals surface area contributed by atoms with E-state index in [-0.39, 0.29) is 11.4 Å². The first-order valence-electron chi connectivity index (χ1n) is 5.09. The van der Waals surface area contributed by atoms with Crippen molar-refractivity contribution in [2.75, 3.05) is 5.73 Å². The molecule has 2 rings (SSSR count). The maximum absolute atomic E-state index is 10.7. The predicted molar refractivity (Wildman–Crippen MR) is 63.6 cm³/mol. The lowest BCUT2D eigenvalue weighted by atomic mass is 10.1. The van der Waals surface area contributed by atoms with Gasteiger partial charge in [-0.05, 0) is 24.6 Å². The van der Waals surface area contributed by atoms with Crippen molar-refractivity contribution in [3.8, 4) is 0 Å². The molecule has 0 aliphatic rings. The molecule has 1 aromatic heterocycles. The molecule has 0 saturated carbocycles. The average Bonchev–Trinajstić information content (AvgIpc) is 2.67. The van der Waals surface area contributed by atoms with E-state index in [1.54, 1.807) is 23.0 Å². The summed E-state index contributed by atoms with van der Waals surface area (Å²) in [5.74, 6) is 0. The highest BCUT2D eigenvalue weighted by molar-refractivity contribution is 5.59. The fourth-order valence-electron chi connectivity index (χ4n) is 1.58. The van der Waals surface area contributed by atoms with Crippen LogP contribution in [0.2, 0.25) is 0 Å². The van der Waals surface area contributed by atoms with Crippen molar-refractivity contribution in [2.24, 2.45) is 0 Å². The van der Waals surface area contributed by atoms with Crippen LogP contribution in [-0.4, -0.2) is 14.7 Å². The summed E-state index contributed by atoms with van der Waals surface area (Å²) < 4.78 is 1.77. The topological polar surface area (TPSA) is 87.0 Å². The van der Waals surface area contributed by atoms with Crippen LogP contribution in [0.5, 0.6) is 0 Å². The number of nitrogen functional groups attached to an aromatic ring is 1. The largest absolute Gasteiger partial charge is 0.393 e. The van der Waals surface area contributed by atoms with Crippen LogP contribution >= 0.6 is 0 Å². The van der Waals surface area contributed by atoms with Crippen molar-refractivity contribution in [3.05, 3.63) is 51.8 Å². The molecule has 6 nitrogen and oxygen atoms in total. The molecule has 17 heavy (non-hydrogen) atoms. The Bertz CT molecular complexity index is 562. The van der Waals surface area contributed by atoms with Gasteiger partial charge in [0.1, 0.15) is 5.69 Å². The zero-order valence-electron chi connectivity index (χ0n) is 9.33. The lowest BCUT2D eigenvalue weighted by Crippen LogP contribution is -2.04. The molecule has 0 aliphatic heterocycles. The summed E-state index contributed by atoms with van der Waals surface area (Å²) in [6.45, 7) is 2.43. The Labute approximate surface area is 97.8 Å². The third-order valence-corrected chi connectivity index (χ3v) is 2.55. The fraction of sp³-hybridized carbons (Fsp3) is 0.182. The van der Waals surface area contributed by atoms with Gasteiger partial charge < -0.3 is 5.73 Å². The average molecular weight is 232 g/mol. The molecule has 2 N–H and O–H groups in total. The van der Waals surface area contributed by atoms with Crippen molar-refractivity contribution in [2.45, 2.75) is 13.5 Å². The molecule has 6 heteroatoms. The van der Waals surface area contributed by atoms with Crippen molar-refractivity contribution >= 4 is 11.4 Å². The number of hydrogen-bond acceptors (Lipinski definition) is 4. The second-order valence-corrected chi connectivity index (χ2v) is 3.78. The normalized spacial score (nSPS) is 10.4. The van der Waals surface area contributed by atoms with E-state index < -0.39 is 4.92 Å². The summed E-state index contributed by atoms with van der Waals surface area (Å²) in [6, 6.07) is 6.68. The highest BCUT2D eigenvalue weighted by atomic mass is 16.6. The molecule has 0 spiro atoms. The van der Waals surface area contributed by atoms with Crippen molar-refractivity contribution in [1.82, 2.24) is 9.78 Å². The number of anilines is 1. The highest BCUT2D eigenvalue weighted by Crippen LogP contribution is 2.22. The lowest BCUT2D eigenvalue weighted by Gasteiger charge is -2.05. The van der Waals surface area contributed by atoms with Gasteiger partial charge in [0.15, 0.2) is 0 Å². The molecule has 0 amide bonds. The van der Waals surface area contributed by atoms with Crippen LogP contribution < -0.4 is 5.73 Å². The molecule has 0 aliphatic carbocycles. The molecule has 0 saturated heterocycles. The van der Waals surface area contributed by atoms with E-state index in [4.69, 9.17) is 5.73 Å². The first-order valence-corrected chi connectivity index (χ1v) is 5.09. The number of hydrogen-bond donors (Lipinski definition) is 1. The third-order valence-electron chi connectivity index (χ3n) is 2.55. The van der Waals surface area contributed by atoms with Crippen LogP contribution in [0.15, 0.2) is 30.5 Å². The number of nitrogens with zero attached hydrogens (tertiary/aromatic N) is 3. The zero-order chi connectivity index (χ0) is 12.4. The maximum atomic E-state index is 10.7. The van der Waals surface area contributed by atoms with Gasteiger partial charge in [-0.15, -0.1) is 0 Å². The van der Waals surface area contributed by atoms with E-state index in [2.05, 4.69) is 5.10 Å². The number of nitrogens with two attached hydrogens (primary N) is 1. The van der Waals surface area contributed by atoms with Crippen LogP contribution in [0.3, 0.4) is 0 Å². The summed E-state index contributed by atoms with van der Waals surface area (Å²) in [5.41, 5.74) is 7.45. The maximum Gasteiger partial charge on any atom is 0.292 e. The Hall–Kier alpha value is -2.37. The molecular formula is C11H12N4O2. The minimum Gasteiger partial charge on any atom is -0.393 e. The second-order valence-electron chi connectivity index (χ2n) is 3.78. The standard InChI is InChI=1S/C11H12N4O2/c1-8-4-5-13-14(8)7-9-2-3-10(12)11(6-9)15(16)17/h2-6H,7,12H2,1H3. The molecule has 1 aromatic carbocycles. The first kappa shape index (κ1) is 11.1. The molecule has 1 heterocycles. The zero-order valence-corrected chi connectivity index (χ0v) is 9.33. The summed E-state index contributed by atoms with van der Waals surface area (Å²) in [4.78, 5) is 10.3. The van der Waals surface area contributed by atoms with Gasteiger partial charge in [0.25, 0.3) is 5.69 Å². The Morgan fingerprint density at radius 2 is 2.24 bits per heavy atom. The van der Waals surface area contributed by atoms with Crippen LogP contribution in [0.4, 0.5) is 11.4 Å². The van der Waals surface area contributed by atoms with Gasteiger partial charge in [-0.2, -0.15) is 5.10 Å². The number of nitro benzene ring substituents is 1. The smallest absolute Gasteiger partial charge is 0.292 e. The lowest BCUT2D eigenvalue weighted by molar-refractivity contribution is -0.384.